The van der Waals surface area contributed by atoms with Gasteiger partial charge in [-0.25, -0.2) is 8.78 Å². The quantitative estimate of drug-likeness (QED) is 0.610. The Kier molecular flexibility index (Phi) is 8.15. The fourth-order valence-corrected chi connectivity index (χ4v) is 4.74. The van der Waals surface area contributed by atoms with E-state index in [1.54, 1.807) is 12.3 Å². The number of fused-ring (bicyclic) bond motifs is 1. The number of aromatic nitrogens is 1. The van der Waals surface area contributed by atoms with E-state index in [-0.39, 0.29) is 30.6 Å². The smallest absolute Gasteiger partial charge is 0.253 e. The Morgan fingerprint density at radius 2 is 1.94 bits per heavy atom. The highest BCUT2D eigenvalue weighted by molar-refractivity contribution is 6.36. The van der Waals surface area contributed by atoms with Crippen LogP contribution in [-0.2, 0) is 11.3 Å². The highest BCUT2D eigenvalue weighted by Crippen LogP contribution is 2.36. The zero-order chi connectivity index (χ0) is 23.3. The number of hydrogen-bond acceptors (Lipinski definition) is 2. The maximum atomic E-state index is 13.3. The number of carbonyl (C=O) groups excluding carboxylic acids is 2. The van der Waals surface area contributed by atoms with Crippen molar-refractivity contribution in [3.8, 4) is 0 Å². The molecule has 1 N–H and O–H groups in total. The maximum Gasteiger partial charge on any atom is 0.253 e. The number of nitrogens with one attached hydrogen (secondary N) is 1. The Balaban J connectivity index is 0.00000141. The molecule has 2 aliphatic rings. The summed E-state index contributed by atoms with van der Waals surface area (Å²) in [4.78, 5) is 26.6. The summed E-state index contributed by atoms with van der Waals surface area (Å²) in [5.41, 5.74) is 1.32. The zero-order valence-electron chi connectivity index (χ0n) is 18.8. The van der Waals surface area contributed by atoms with Gasteiger partial charge in [-0.3, -0.25) is 9.59 Å². The van der Waals surface area contributed by atoms with E-state index in [9.17, 15) is 18.4 Å². The molecule has 1 aliphatic carbocycles. The van der Waals surface area contributed by atoms with Gasteiger partial charge in [-0.05, 0) is 37.3 Å². The third-order valence-corrected chi connectivity index (χ3v) is 6.59. The van der Waals surface area contributed by atoms with Crippen LogP contribution < -0.4 is 5.32 Å². The molecule has 1 saturated carbocycles. The molecule has 1 aliphatic heterocycles. The molecule has 0 bridgehead atoms. The van der Waals surface area contributed by atoms with Crippen LogP contribution in [0.1, 0.15) is 62.7 Å². The molecule has 176 valence electrons. The average molecular weight is 468 g/mol. The molecule has 2 amide bonds. The standard InChI is InChI=1S/C22H26ClF2N3O2.C2H6/c23-17-3-1-4-18-20(17)16(14-28(18)12-11-27-10-2-5-19(27)29)21(30)26-13-15-6-8-22(24,25)9-7-15;1-2/h1,3-4,14-15H,2,5-13H2,(H,26,30);1-2H3. The van der Waals surface area contributed by atoms with Gasteiger partial charge in [-0.15, -0.1) is 0 Å². The molecular formula is C24H32ClF2N3O2. The van der Waals surface area contributed by atoms with Gasteiger partial charge in [-0.2, -0.15) is 0 Å². The van der Waals surface area contributed by atoms with E-state index in [0.717, 1.165) is 18.5 Å². The Morgan fingerprint density at radius 3 is 2.59 bits per heavy atom. The SMILES string of the molecule is CC.O=C(NCC1CCC(F)(F)CC1)c1cn(CCN2CCCC2=O)c2cccc(Cl)c12. The fourth-order valence-electron chi connectivity index (χ4n) is 4.47. The first kappa shape index (κ1) is 24.5. The lowest BCUT2D eigenvalue weighted by Gasteiger charge is -2.28. The molecule has 32 heavy (non-hydrogen) atoms. The van der Waals surface area contributed by atoms with Gasteiger partial charge >= 0.3 is 0 Å². The summed E-state index contributed by atoms with van der Waals surface area (Å²) in [5.74, 6) is -2.58. The summed E-state index contributed by atoms with van der Waals surface area (Å²) in [5, 5.41) is 4.08. The van der Waals surface area contributed by atoms with Gasteiger partial charge in [0.15, 0.2) is 0 Å². The number of nitrogens with zero attached hydrogens (tertiary/aromatic N) is 2. The minimum absolute atomic E-state index is 0.0681. The van der Waals surface area contributed by atoms with Crippen molar-refractivity contribution in [1.82, 2.24) is 14.8 Å². The van der Waals surface area contributed by atoms with E-state index in [0.29, 0.717) is 54.9 Å². The predicted octanol–water partition coefficient (Wildman–Crippen LogP) is 5.50. The number of benzene rings is 1. The van der Waals surface area contributed by atoms with E-state index >= 15 is 0 Å². The fraction of sp³-hybridized carbons (Fsp3) is 0.583. The number of rotatable bonds is 6. The van der Waals surface area contributed by atoms with Crippen molar-refractivity contribution < 1.29 is 18.4 Å². The van der Waals surface area contributed by atoms with Crippen molar-refractivity contribution in [3.63, 3.8) is 0 Å². The Labute approximate surface area is 193 Å². The number of amides is 2. The van der Waals surface area contributed by atoms with Crippen LogP contribution >= 0.6 is 11.6 Å². The van der Waals surface area contributed by atoms with Crippen LogP contribution in [0, 0.1) is 5.92 Å². The highest BCUT2D eigenvalue weighted by Gasteiger charge is 2.35. The van der Waals surface area contributed by atoms with Crippen molar-refractivity contribution in [2.75, 3.05) is 19.6 Å². The summed E-state index contributed by atoms with van der Waals surface area (Å²) in [6, 6.07) is 5.50. The summed E-state index contributed by atoms with van der Waals surface area (Å²) < 4.78 is 28.6. The summed E-state index contributed by atoms with van der Waals surface area (Å²) in [6.07, 6.45) is 3.86. The first-order valence-electron chi connectivity index (χ1n) is 11.6. The molecule has 5 nitrogen and oxygen atoms in total. The Bertz CT molecular complexity index is 950. The molecule has 0 atom stereocenters. The molecule has 2 fully saturated rings. The van der Waals surface area contributed by atoms with E-state index in [4.69, 9.17) is 11.6 Å². The van der Waals surface area contributed by atoms with Crippen LogP contribution in [0.25, 0.3) is 10.9 Å². The molecule has 2 aromatic rings. The number of hydrogen-bond donors (Lipinski definition) is 1. The minimum Gasteiger partial charge on any atom is -0.352 e. The summed E-state index contributed by atoms with van der Waals surface area (Å²) >= 11 is 6.41. The Hall–Kier alpha value is -2.15. The third kappa shape index (κ3) is 5.61. The van der Waals surface area contributed by atoms with Gasteiger partial charge in [-0.1, -0.05) is 31.5 Å². The molecule has 1 aromatic heterocycles. The lowest BCUT2D eigenvalue weighted by atomic mass is 9.87. The van der Waals surface area contributed by atoms with Crippen molar-refractivity contribution in [3.05, 3.63) is 35.0 Å². The van der Waals surface area contributed by atoms with Crippen molar-refractivity contribution >= 4 is 34.3 Å². The van der Waals surface area contributed by atoms with E-state index in [1.165, 1.54) is 0 Å². The first-order chi connectivity index (χ1) is 15.3. The van der Waals surface area contributed by atoms with Crippen LogP contribution in [-0.4, -0.2) is 46.8 Å². The van der Waals surface area contributed by atoms with E-state index in [2.05, 4.69) is 5.32 Å². The third-order valence-electron chi connectivity index (χ3n) is 6.27. The topological polar surface area (TPSA) is 54.3 Å². The molecular weight excluding hydrogens is 436 g/mol. The molecule has 1 aromatic carbocycles. The molecule has 2 heterocycles. The van der Waals surface area contributed by atoms with Crippen LogP contribution in [0.3, 0.4) is 0 Å². The second kappa shape index (κ2) is 10.6. The normalized spacial score (nSPS) is 18.5. The molecule has 0 radical (unpaired) electrons. The van der Waals surface area contributed by atoms with Gasteiger partial charge in [0.25, 0.3) is 5.91 Å². The Morgan fingerprint density at radius 1 is 1.22 bits per heavy atom. The second-order valence-corrected chi connectivity index (χ2v) is 8.77. The van der Waals surface area contributed by atoms with Crippen LogP contribution in [0.4, 0.5) is 8.78 Å². The predicted molar refractivity (Wildman–Crippen MR) is 123 cm³/mol. The summed E-state index contributed by atoms with van der Waals surface area (Å²) in [7, 11) is 0. The molecule has 1 saturated heterocycles. The van der Waals surface area contributed by atoms with Crippen molar-refractivity contribution in [1.29, 1.82) is 0 Å². The van der Waals surface area contributed by atoms with Crippen LogP contribution in [0.5, 0.6) is 0 Å². The zero-order valence-corrected chi connectivity index (χ0v) is 19.6. The first-order valence-corrected chi connectivity index (χ1v) is 11.9. The summed E-state index contributed by atoms with van der Waals surface area (Å²) in [6.45, 7) is 6.32. The lowest BCUT2D eigenvalue weighted by molar-refractivity contribution is -0.127. The number of alkyl halides is 2. The van der Waals surface area contributed by atoms with Gasteiger partial charge < -0.3 is 14.8 Å². The van der Waals surface area contributed by atoms with Gasteiger partial charge in [0.1, 0.15) is 0 Å². The molecule has 0 unspecified atom stereocenters. The monoisotopic (exact) mass is 467 g/mol. The largest absolute Gasteiger partial charge is 0.352 e. The van der Waals surface area contributed by atoms with Gasteiger partial charge in [0, 0.05) is 57.0 Å². The average Bonchev–Trinajstić information content (AvgIpc) is 3.37. The maximum absolute atomic E-state index is 13.3. The molecule has 8 heteroatoms. The van der Waals surface area contributed by atoms with E-state index < -0.39 is 5.92 Å². The highest BCUT2D eigenvalue weighted by atomic mass is 35.5. The number of likely N-dealkylation sites (tertiary alicyclic amines) is 1. The van der Waals surface area contributed by atoms with Crippen LogP contribution in [0.2, 0.25) is 5.02 Å². The van der Waals surface area contributed by atoms with Gasteiger partial charge in [0.2, 0.25) is 11.8 Å². The van der Waals surface area contributed by atoms with Gasteiger partial charge in [0.05, 0.1) is 16.1 Å². The van der Waals surface area contributed by atoms with Crippen molar-refractivity contribution in [2.24, 2.45) is 5.92 Å². The number of carbonyl (C=O) groups is 2. The minimum atomic E-state index is -2.57. The van der Waals surface area contributed by atoms with Crippen LogP contribution in [0.15, 0.2) is 24.4 Å². The molecule has 0 spiro atoms. The lowest BCUT2D eigenvalue weighted by Crippen LogP contribution is -2.33. The van der Waals surface area contributed by atoms with Crippen molar-refractivity contribution in [2.45, 2.75) is 64.8 Å². The second-order valence-electron chi connectivity index (χ2n) is 8.36. The molecule has 4 rings (SSSR count). The number of halogens is 3. The van der Waals surface area contributed by atoms with E-state index in [1.807, 2.05) is 35.4 Å².